The van der Waals surface area contributed by atoms with Crippen molar-refractivity contribution in [3.8, 4) is 0 Å². The van der Waals surface area contributed by atoms with Gasteiger partial charge in [0.1, 0.15) is 5.84 Å². The van der Waals surface area contributed by atoms with Crippen molar-refractivity contribution in [3.63, 3.8) is 0 Å². The van der Waals surface area contributed by atoms with Crippen molar-refractivity contribution in [1.29, 1.82) is 0 Å². The molecule has 2 aliphatic rings. The minimum atomic E-state index is -1.39. The molecular weight excluding hydrogens is 268 g/mol. The van der Waals surface area contributed by atoms with Crippen LogP contribution in [-0.2, 0) is 9.53 Å². The molecule has 0 aromatic heterocycles. The number of methoxy groups -OCH3 is 1. The average Bonchev–Trinajstić information content (AvgIpc) is 2.81. The number of aliphatic imine (C=N–C) groups is 1. The molecular formula is C16H14N2O3. The van der Waals surface area contributed by atoms with E-state index in [-0.39, 0.29) is 12.2 Å². The van der Waals surface area contributed by atoms with Gasteiger partial charge in [-0.25, -0.2) is 0 Å². The normalized spacial score (nSPS) is 23.2. The maximum absolute atomic E-state index is 12.4. The van der Waals surface area contributed by atoms with Crippen LogP contribution in [0.1, 0.15) is 16.8 Å². The Labute approximate surface area is 122 Å². The molecule has 0 N–H and O–H groups in total. The zero-order valence-corrected chi connectivity index (χ0v) is 11.5. The first kappa shape index (κ1) is 13.5. The molecule has 0 spiro atoms. The van der Waals surface area contributed by atoms with Crippen LogP contribution >= 0.6 is 0 Å². The van der Waals surface area contributed by atoms with Gasteiger partial charge in [-0.1, -0.05) is 36.4 Å². The van der Waals surface area contributed by atoms with Crippen molar-refractivity contribution in [2.24, 2.45) is 4.99 Å². The van der Waals surface area contributed by atoms with E-state index in [0.29, 0.717) is 11.4 Å². The highest BCUT2D eigenvalue weighted by Gasteiger charge is 2.51. The molecule has 1 amide bonds. The molecule has 2 aliphatic heterocycles. The summed E-state index contributed by atoms with van der Waals surface area (Å²) < 4.78 is 5.43. The number of amides is 1. The van der Waals surface area contributed by atoms with E-state index in [4.69, 9.17) is 4.74 Å². The lowest BCUT2D eigenvalue weighted by Gasteiger charge is -2.34. The number of Topliss-reactive ketones (excluding diaryl/α,β-unsaturated/α-hetero) is 1. The fourth-order valence-electron chi connectivity index (χ4n) is 2.49. The largest absolute Gasteiger partial charge is 0.350 e. The van der Waals surface area contributed by atoms with Crippen LogP contribution < -0.4 is 0 Å². The molecule has 0 saturated heterocycles. The molecule has 21 heavy (non-hydrogen) atoms. The quantitative estimate of drug-likeness (QED) is 0.792. The van der Waals surface area contributed by atoms with Crippen molar-refractivity contribution in [2.75, 3.05) is 7.11 Å². The van der Waals surface area contributed by atoms with Gasteiger partial charge in [0.05, 0.1) is 6.42 Å². The van der Waals surface area contributed by atoms with E-state index in [2.05, 4.69) is 4.99 Å². The first-order valence-electron chi connectivity index (χ1n) is 6.58. The van der Waals surface area contributed by atoms with Gasteiger partial charge in [-0.2, -0.15) is 4.99 Å². The Hall–Kier alpha value is -2.53. The van der Waals surface area contributed by atoms with Crippen LogP contribution in [0.5, 0.6) is 0 Å². The molecule has 3 rings (SSSR count). The summed E-state index contributed by atoms with van der Waals surface area (Å²) in [5, 5.41) is 0. The number of ether oxygens (including phenoxy) is 1. The second kappa shape index (κ2) is 5.10. The molecule has 0 bridgehead atoms. The molecule has 0 saturated carbocycles. The third-order valence-corrected chi connectivity index (χ3v) is 3.61. The van der Waals surface area contributed by atoms with Crippen LogP contribution in [-0.4, -0.2) is 35.3 Å². The Kier molecular flexibility index (Phi) is 3.27. The molecule has 5 heteroatoms. The summed E-state index contributed by atoms with van der Waals surface area (Å²) >= 11 is 0. The predicted octanol–water partition coefficient (Wildman–Crippen LogP) is 1.93. The first-order chi connectivity index (χ1) is 10.2. The van der Waals surface area contributed by atoms with Crippen LogP contribution in [0.15, 0.2) is 59.8 Å². The Balaban J connectivity index is 1.92. The van der Waals surface area contributed by atoms with Gasteiger partial charge in [0.2, 0.25) is 5.72 Å². The number of benzene rings is 1. The van der Waals surface area contributed by atoms with E-state index in [1.807, 2.05) is 6.07 Å². The van der Waals surface area contributed by atoms with Gasteiger partial charge in [-0.3, -0.25) is 14.5 Å². The smallest absolute Gasteiger partial charge is 0.301 e. The summed E-state index contributed by atoms with van der Waals surface area (Å²) in [4.78, 5) is 30.3. The fraction of sp³-hybridized carbons (Fsp3) is 0.188. The summed E-state index contributed by atoms with van der Waals surface area (Å²) in [6.45, 7) is 0. The third-order valence-electron chi connectivity index (χ3n) is 3.61. The number of ketones is 1. The lowest BCUT2D eigenvalue weighted by molar-refractivity contribution is -0.149. The lowest BCUT2D eigenvalue weighted by Crippen LogP contribution is -2.52. The maximum Gasteiger partial charge on any atom is 0.301 e. The predicted molar refractivity (Wildman–Crippen MR) is 77.7 cm³/mol. The zero-order chi connectivity index (χ0) is 14.9. The maximum atomic E-state index is 12.4. The number of nitrogens with zero attached hydrogens (tertiary/aromatic N) is 2. The number of hydrogen-bond donors (Lipinski definition) is 0. The van der Waals surface area contributed by atoms with Crippen molar-refractivity contribution < 1.29 is 14.3 Å². The van der Waals surface area contributed by atoms with Gasteiger partial charge in [-0.15, -0.1) is 0 Å². The van der Waals surface area contributed by atoms with Crippen molar-refractivity contribution in [2.45, 2.75) is 12.1 Å². The third kappa shape index (κ3) is 2.11. The van der Waals surface area contributed by atoms with E-state index in [1.54, 1.807) is 53.6 Å². The minimum Gasteiger partial charge on any atom is -0.350 e. The monoisotopic (exact) mass is 282 g/mol. The van der Waals surface area contributed by atoms with Crippen LogP contribution in [0.25, 0.3) is 0 Å². The highest BCUT2D eigenvalue weighted by Crippen LogP contribution is 2.32. The van der Waals surface area contributed by atoms with Gasteiger partial charge in [0, 0.05) is 18.9 Å². The zero-order valence-electron chi connectivity index (χ0n) is 11.5. The van der Waals surface area contributed by atoms with E-state index in [9.17, 15) is 9.59 Å². The van der Waals surface area contributed by atoms with Gasteiger partial charge < -0.3 is 4.74 Å². The minimum absolute atomic E-state index is 0.0858. The number of fused-ring (bicyclic) bond motifs is 1. The topological polar surface area (TPSA) is 59.0 Å². The number of rotatable bonds is 4. The van der Waals surface area contributed by atoms with E-state index >= 15 is 0 Å². The van der Waals surface area contributed by atoms with Gasteiger partial charge in [0.15, 0.2) is 5.78 Å². The molecule has 106 valence electrons. The van der Waals surface area contributed by atoms with Gasteiger partial charge in [-0.05, 0) is 12.2 Å². The van der Waals surface area contributed by atoms with E-state index in [0.717, 1.165) is 0 Å². The highest BCUT2D eigenvalue weighted by atomic mass is 16.5. The van der Waals surface area contributed by atoms with E-state index in [1.165, 1.54) is 7.11 Å². The van der Waals surface area contributed by atoms with Crippen LogP contribution in [0.4, 0.5) is 0 Å². The second-order valence-corrected chi connectivity index (χ2v) is 4.80. The summed E-state index contributed by atoms with van der Waals surface area (Å²) in [6.07, 6.45) is 6.89. The number of carbonyl (C=O) groups excluding carboxylic acids is 2. The van der Waals surface area contributed by atoms with Gasteiger partial charge >= 0.3 is 5.91 Å². The lowest BCUT2D eigenvalue weighted by atomic mass is 9.99. The second-order valence-electron chi connectivity index (χ2n) is 4.80. The first-order valence-corrected chi connectivity index (χ1v) is 6.58. The Morgan fingerprint density at radius 1 is 1.29 bits per heavy atom. The molecule has 1 aromatic rings. The van der Waals surface area contributed by atoms with Crippen molar-refractivity contribution >= 4 is 17.5 Å². The molecule has 1 unspecified atom stereocenters. The van der Waals surface area contributed by atoms with Crippen LogP contribution in [0, 0.1) is 0 Å². The molecule has 1 aromatic carbocycles. The molecule has 0 aliphatic carbocycles. The summed E-state index contributed by atoms with van der Waals surface area (Å²) in [5.41, 5.74) is -0.838. The standard InChI is InChI=1S/C16H14N2O3/c1-21-16(11-13(19)12-7-3-2-4-8-12)15(20)17-14-9-5-6-10-18(14)16/h2-10H,11H2,1H3. The number of amidine groups is 1. The summed E-state index contributed by atoms with van der Waals surface area (Å²) in [6, 6.07) is 8.85. The molecule has 5 nitrogen and oxygen atoms in total. The molecule has 1 atom stereocenters. The molecule has 0 fully saturated rings. The fourth-order valence-corrected chi connectivity index (χ4v) is 2.49. The molecule has 0 radical (unpaired) electrons. The van der Waals surface area contributed by atoms with E-state index < -0.39 is 11.6 Å². The summed E-state index contributed by atoms with van der Waals surface area (Å²) in [5.74, 6) is -0.129. The highest BCUT2D eigenvalue weighted by molar-refractivity contribution is 6.13. The average molecular weight is 282 g/mol. The SMILES string of the molecule is COC1(CC(=O)c2ccccc2)C(=O)N=C2C=CC=CN21. The van der Waals surface area contributed by atoms with Gasteiger partial charge in [0.25, 0.3) is 0 Å². The number of carbonyl (C=O) groups is 2. The molecule has 2 heterocycles. The Morgan fingerprint density at radius 2 is 2.05 bits per heavy atom. The Morgan fingerprint density at radius 3 is 2.76 bits per heavy atom. The number of hydrogen-bond acceptors (Lipinski definition) is 4. The van der Waals surface area contributed by atoms with Crippen LogP contribution in [0.2, 0.25) is 0 Å². The van der Waals surface area contributed by atoms with Crippen LogP contribution in [0.3, 0.4) is 0 Å². The number of allylic oxidation sites excluding steroid dienone is 2. The van der Waals surface area contributed by atoms with Crippen molar-refractivity contribution in [1.82, 2.24) is 4.90 Å². The van der Waals surface area contributed by atoms with Crippen molar-refractivity contribution in [3.05, 3.63) is 60.3 Å². The Bertz CT molecular complexity index is 676. The summed E-state index contributed by atoms with van der Waals surface area (Å²) in [7, 11) is 1.42.